The fourth-order valence-electron chi connectivity index (χ4n) is 5.27. The summed E-state index contributed by atoms with van der Waals surface area (Å²) in [5.41, 5.74) is 0.000761. The lowest BCUT2D eigenvalue weighted by Gasteiger charge is -2.27. The van der Waals surface area contributed by atoms with Crippen LogP contribution in [-0.4, -0.2) is 31.8 Å². The van der Waals surface area contributed by atoms with Crippen LogP contribution < -0.4 is 14.4 Å². The molecule has 4 rings (SSSR count). The molecule has 7 nitrogen and oxygen atoms in total. The number of carbonyl (C=O) groups excluding carboxylic acids is 1. The summed E-state index contributed by atoms with van der Waals surface area (Å²) in [7, 11) is 2.73. The first-order valence-corrected chi connectivity index (χ1v) is 15.5. The van der Waals surface area contributed by atoms with Gasteiger partial charge in [0.15, 0.2) is 0 Å². The number of rotatable bonds is 13. The van der Waals surface area contributed by atoms with Gasteiger partial charge in [0.05, 0.1) is 49.8 Å². The van der Waals surface area contributed by atoms with E-state index in [0.717, 1.165) is 29.8 Å². The normalized spacial score (nSPS) is 11.6. The molecule has 0 aliphatic heterocycles. The van der Waals surface area contributed by atoms with Gasteiger partial charge in [-0.05, 0) is 89.2 Å². The number of carbonyl (C=O) groups is 1. The minimum atomic E-state index is -4.75. The van der Waals surface area contributed by atoms with E-state index in [9.17, 15) is 36.4 Å². The van der Waals surface area contributed by atoms with Crippen LogP contribution in [0.1, 0.15) is 66.0 Å². The third-order valence-electron chi connectivity index (χ3n) is 7.86. The van der Waals surface area contributed by atoms with Crippen molar-refractivity contribution in [2.24, 2.45) is 0 Å². The van der Waals surface area contributed by atoms with E-state index in [1.54, 1.807) is 18.2 Å². The van der Waals surface area contributed by atoms with Crippen molar-refractivity contribution in [3.63, 3.8) is 0 Å². The molecule has 0 amide bonds. The molecule has 0 spiro atoms. The molecule has 50 heavy (non-hydrogen) atoms. The van der Waals surface area contributed by atoms with Crippen molar-refractivity contribution in [2.75, 3.05) is 25.7 Å². The number of nitriles is 1. The van der Waals surface area contributed by atoms with Crippen LogP contribution in [0.4, 0.5) is 32.2 Å². The Morgan fingerprint density at radius 2 is 1.62 bits per heavy atom. The van der Waals surface area contributed by atoms with E-state index < -0.39 is 29.4 Å². The Bertz CT molecular complexity index is 1830. The largest absolute Gasteiger partial charge is 0.496 e. The van der Waals surface area contributed by atoms with Crippen LogP contribution in [0.2, 0.25) is 0 Å². The van der Waals surface area contributed by atoms with E-state index >= 15 is 0 Å². The maximum Gasteiger partial charge on any atom is 0.416 e. The van der Waals surface area contributed by atoms with Gasteiger partial charge >= 0.3 is 18.3 Å². The maximum atomic E-state index is 14.1. The first kappa shape index (κ1) is 37.6. The molecule has 0 saturated carbocycles. The Balaban J connectivity index is 1.82. The third-order valence-corrected chi connectivity index (χ3v) is 7.86. The first-order valence-electron chi connectivity index (χ1n) is 15.5. The highest BCUT2D eigenvalue weighted by Crippen LogP contribution is 2.39. The second kappa shape index (κ2) is 16.0. The van der Waals surface area contributed by atoms with Crippen molar-refractivity contribution in [1.29, 1.82) is 5.26 Å². The lowest BCUT2D eigenvalue weighted by atomic mass is 9.92. The highest BCUT2D eigenvalue weighted by molar-refractivity contribution is 5.75. The van der Waals surface area contributed by atoms with Crippen LogP contribution in [0.15, 0.2) is 72.9 Å². The Labute approximate surface area is 286 Å². The smallest absolute Gasteiger partial charge is 0.416 e. The molecule has 0 aliphatic carbocycles. The number of nitrogens with zero attached hydrogens (tertiary/aromatic N) is 3. The van der Waals surface area contributed by atoms with Gasteiger partial charge in [-0.25, -0.2) is 4.98 Å². The van der Waals surface area contributed by atoms with Crippen LogP contribution >= 0.6 is 0 Å². The standard InChI is InChI=1S/C37H35F6N3O4/c1-23(2)26-7-11-33(48-3)32(18-26)31-10-8-28(36(38,39)40)17-27(31)22-46(21-25-14-24(19-44)15-29(16-25)37(41,42)43)34-12-9-30(20-45-34)50-13-5-6-35(47)49-4/h7-12,14-18,20,23H,5-6,13,21-22H2,1-4H3. The average molecular weight is 700 g/mol. The summed E-state index contributed by atoms with van der Waals surface area (Å²) in [5.74, 6) is 0.669. The lowest BCUT2D eigenvalue weighted by Crippen LogP contribution is -2.24. The summed E-state index contributed by atoms with van der Waals surface area (Å²) in [6.07, 6.45) is -7.55. The molecule has 0 bridgehead atoms. The number of halogens is 6. The van der Waals surface area contributed by atoms with E-state index in [-0.39, 0.29) is 54.5 Å². The predicted molar refractivity (Wildman–Crippen MR) is 175 cm³/mol. The molecule has 0 unspecified atom stereocenters. The van der Waals surface area contributed by atoms with Gasteiger partial charge in [-0.1, -0.05) is 26.0 Å². The average Bonchev–Trinajstić information content (AvgIpc) is 3.08. The molecular formula is C37H35F6N3O4. The second-order valence-corrected chi connectivity index (χ2v) is 11.7. The number of anilines is 1. The Hall–Kier alpha value is -5.25. The van der Waals surface area contributed by atoms with Gasteiger partial charge in [0.25, 0.3) is 0 Å². The fourth-order valence-corrected chi connectivity index (χ4v) is 5.27. The van der Waals surface area contributed by atoms with Gasteiger partial charge in [-0.15, -0.1) is 0 Å². The molecule has 0 fully saturated rings. The number of methoxy groups -OCH3 is 2. The van der Waals surface area contributed by atoms with Gasteiger partial charge < -0.3 is 19.1 Å². The maximum absolute atomic E-state index is 14.1. The SMILES string of the molecule is COC(=O)CCCOc1ccc(N(Cc2cc(C#N)cc(C(F)(F)F)c2)Cc2cc(C(F)(F)F)ccc2-c2cc(C(C)C)ccc2OC)nc1. The molecule has 3 aromatic carbocycles. The molecule has 0 atom stereocenters. The number of hydrogen-bond acceptors (Lipinski definition) is 7. The molecule has 0 radical (unpaired) electrons. The van der Waals surface area contributed by atoms with E-state index in [1.165, 1.54) is 43.5 Å². The van der Waals surface area contributed by atoms with E-state index in [0.29, 0.717) is 29.0 Å². The summed E-state index contributed by atoms with van der Waals surface area (Å²) in [4.78, 5) is 17.3. The summed E-state index contributed by atoms with van der Waals surface area (Å²) < 4.78 is 99.5. The monoisotopic (exact) mass is 699 g/mol. The zero-order valence-electron chi connectivity index (χ0n) is 27.8. The number of alkyl halides is 6. The van der Waals surface area contributed by atoms with Crippen molar-refractivity contribution < 1.29 is 45.3 Å². The van der Waals surface area contributed by atoms with E-state index in [1.807, 2.05) is 26.0 Å². The topological polar surface area (TPSA) is 84.7 Å². The zero-order valence-corrected chi connectivity index (χ0v) is 27.8. The van der Waals surface area contributed by atoms with Gasteiger partial charge in [0.2, 0.25) is 0 Å². The molecule has 0 aliphatic rings. The predicted octanol–water partition coefficient (Wildman–Crippen LogP) is 9.33. The number of aromatic nitrogens is 1. The molecule has 13 heteroatoms. The minimum absolute atomic E-state index is 0.0919. The Morgan fingerprint density at radius 3 is 2.22 bits per heavy atom. The van der Waals surface area contributed by atoms with Gasteiger partial charge in [0, 0.05) is 25.1 Å². The van der Waals surface area contributed by atoms with Crippen molar-refractivity contribution >= 4 is 11.8 Å². The quantitative estimate of drug-likeness (QED) is 0.0781. The number of ether oxygens (including phenoxy) is 3. The summed E-state index contributed by atoms with van der Waals surface area (Å²) >= 11 is 0. The number of hydrogen-bond donors (Lipinski definition) is 0. The Kier molecular flexibility index (Phi) is 12.0. The van der Waals surface area contributed by atoms with Crippen LogP contribution in [-0.2, 0) is 35.0 Å². The Morgan fingerprint density at radius 1 is 0.880 bits per heavy atom. The van der Waals surface area contributed by atoms with Crippen molar-refractivity contribution in [2.45, 2.75) is 58.0 Å². The summed E-state index contributed by atoms with van der Waals surface area (Å²) in [6.45, 7) is 3.65. The van der Waals surface area contributed by atoms with E-state index in [2.05, 4.69) is 9.72 Å². The molecule has 1 aromatic heterocycles. The van der Waals surface area contributed by atoms with Gasteiger partial charge in [0.1, 0.15) is 17.3 Å². The molecule has 0 saturated heterocycles. The highest BCUT2D eigenvalue weighted by Gasteiger charge is 2.33. The third kappa shape index (κ3) is 9.68. The van der Waals surface area contributed by atoms with Crippen LogP contribution in [0, 0.1) is 11.3 Å². The van der Waals surface area contributed by atoms with Gasteiger partial charge in [-0.3, -0.25) is 4.79 Å². The van der Waals surface area contributed by atoms with Crippen molar-refractivity contribution in [1.82, 2.24) is 4.98 Å². The minimum Gasteiger partial charge on any atom is -0.496 e. The molecular weight excluding hydrogens is 664 g/mol. The first-order chi connectivity index (χ1) is 23.6. The molecule has 1 heterocycles. The fraction of sp³-hybridized carbons (Fsp3) is 0.324. The van der Waals surface area contributed by atoms with Crippen LogP contribution in [0.5, 0.6) is 11.5 Å². The summed E-state index contributed by atoms with van der Waals surface area (Å²) in [6, 6.07) is 16.5. The molecule has 264 valence electrons. The second-order valence-electron chi connectivity index (χ2n) is 11.7. The highest BCUT2D eigenvalue weighted by atomic mass is 19.4. The van der Waals surface area contributed by atoms with Crippen molar-refractivity contribution in [3.8, 4) is 28.7 Å². The molecule has 0 N–H and O–H groups in total. The number of esters is 1. The summed E-state index contributed by atoms with van der Waals surface area (Å²) in [5, 5.41) is 9.48. The van der Waals surface area contributed by atoms with Crippen molar-refractivity contribution in [3.05, 3.63) is 106 Å². The lowest BCUT2D eigenvalue weighted by molar-refractivity contribution is -0.141. The van der Waals surface area contributed by atoms with Gasteiger partial charge in [-0.2, -0.15) is 31.6 Å². The van der Waals surface area contributed by atoms with Crippen LogP contribution in [0.25, 0.3) is 11.1 Å². The van der Waals surface area contributed by atoms with Crippen LogP contribution in [0.3, 0.4) is 0 Å². The number of pyridine rings is 1. The molecule has 4 aromatic rings. The van der Waals surface area contributed by atoms with E-state index in [4.69, 9.17) is 9.47 Å². The zero-order chi connectivity index (χ0) is 36.6. The number of benzene rings is 3.